The predicted molar refractivity (Wildman–Crippen MR) is 84.6 cm³/mol. The third-order valence-corrected chi connectivity index (χ3v) is 3.55. The van der Waals surface area contributed by atoms with E-state index in [0.29, 0.717) is 25.1 Å². The SMILES string of the molecule is CC(C)(C)NC(=O)C1CN(C(=O)c2cccnc2)CCN1C=O. The van der Waals surface area contributed by atoms with Gasteiger partial charge in [0.05, 0.1) is 12.1 Å². The molecular formula is C16H22N4O3. The first kappa shape index (κ1) is 16.9. The topological polar surface area (TPSA) is 82.6 Å². The number of aromatic nitrogens is 1. The monoisotopic (exact) mass is 318 g/mol. The van der Waals surface area contributed by atoms with Crippen LogP contribution in [0, 0.1) is 0 Å². The molecule has 1 atom stereocenters. The van der Waals surface area contributed by atoms with E-state index in [0.717, 1.165) is 0 Å². The summed E-state index contributed by atoms with van der Waals surface area (Å²) in [6, 6.07) is 2.70. The molecule has 1 aromatic heterocycles. The number of hydrogen-bond donors (Lipinski definition) is 1. The molecule has 1 aliphatic rings. The smallest absolute Gasteiger partial charge is 0.255 e. The van der Waals surface area contributed by atoms with Gasteiger partial charge in [-0.2, -0.15) is 0 Å². The van der Waals surface area contributed by atoms with Crippen LogP contribution in [0.4, 0.5) is 0 Å². The fourth-order valence-electron chi connectivity index (χ4n) is 2.47. The molecule has 124 valence electrons. The maximum atomic E-state index is 12.5. The highest BCUT2D eigenvalue weighted by Crippen LogP contribution is 2.13. The van der Waals surface area contributed by atoms with Gasteiger partial charge < -0.3 is 15.1 Å². The van der Waals surface area contributed by atoms with Gasteiger partial charge in [0.2, 0.25) is 12.3 Å². The second kappa shape index (κ2) is 6.76. The molecule has 3 amide bonds. The molecule has 0 saturated carbocycles. The molecule has 7 nitrogen and oxygen atoms in total. The minimum Gasteiger partial charge on any atom is -0.350 e. The van der Waals surface area contributed by atoms with E-state index in [1.807, 2.05) is 20.8 Å². The summed E-state index contributed by atoms with van der Waals surface area (Å²) in [5, 5.41) is 2.86. The van der Waals surface area contributed by atoms with Crippen molar-refractivity contribution < 1.29 is 14.4 Å². The quantitative estimate of drug-likeness (QED) is 0.812. The van der Waals surface area contributed by atoms with Gasteiger partial charge in [-0.25, -0.2) is 0 Å². The lowest BCUT2D eigenvalue weighted by atomic mass is 10.1. The molecule has 1 aliphatic heterocycles. The van der Waals surface area contributed by atoms with Gasteiger partial charge in [-0.05, 0) is 32.9 Å². The van der Waals surface area contributed by atoms with Crippen molar-refractivity contribution >= 4 is 18.2 Å². The van der Waals surface area contributed by atoms with Crippen molar-refractivity contribution in [3.05, 3.63) is 30.1 Å². The molecule has 7 heteroatoms. The number of piperazine rings is 1. The predicted octanol–water partition coefficient (Wildman–Crippen LogP) is 0.279. The lowest BCUT2D eigenvalue weighted by molar-refractivity contribution is -0.136. The Morgan fingerprint density at radius 1 is 1.35 bits per heavy atom. The summed E-state index contributed by atoms with van der Waals surface area (Å²) in [5.74, 6) is -0.439. The molecule has 0 bridgehead atoms. The second-order valence-electron chi connectivity index (χ2n) is 6.59. The number of rotatable bonds is 3. The van der Waals surface area contributed by atoms with Crippen molar-refractivity contribution in [2.45, 2.75) is 32.4 Å². The van der Waals surface area contributed by atoms with Gasteiger partial charge in [0, 0.05) is 31.0 Å². The van der Waals surface area contributed by atoms with Crippen molar-refractivity contribution in [1.29, 1.82) is 0 Å². The molecule has 1 fully saturated rings. The molecule has 2 rings (SSSR count). The van der Waals surface area contributed by atoms with E-state index in [9.17, 15) is 14.4 Å². The van der Waals surface area contributed by atoms with Gasteiger partial charge in [0.1, 0.15) is 6.04 Å². The number of nitrogens with one attached hydrogen (secondary N) is 1. The zero-order valence-electron chi connectivity index (χ0n) is 13.7. The maximum absolute atomic E-state index is 12.5. The van der Waals surface area contributed by atoms with Gasteiger partial charge in [0.25, 0.3) is 5.91 Å². The zero-order chi connectivity index (χ0) is 17.0. The summed E-state index contributed by atoms with van der Waals surface area (Å²) >= 11 is 0. The number of amides is 3. The maximum Gasteiger partial charge on any atom is 0.255 e. The largest absolute Gasteiger partial charge is 0.350 e. The Hall–Kier alpha value is -2.44. The van der Waals surface area contributed by atoms with Crippen LogP contribution in [0.25, 0.3) is 0 Å². The van der Waals surface area contributed by atoms with E-state index in [1.165, 1.54) is 11.1 Å². The number of carbonyl (C=O) groups is 3. The summed E-state index contributed by atoms with van der Waals surface area (Å²) in [6.07, 6.45) is 3.76. The molecular weight excluding hydrogens is 296 g/mol. The molecule has 1 aromatic rings. The van der Waals surface area contributed by atoms with Crippen LogP contribution in [0.2, 0.25) is 0 Å². The third kappa shape index (κ3) is 4.28. The summed E-state index contributed by atoms with van der Waals surface area (Å²) in [7, 11) is 0. The minimum absolute atomic E-state index is 0.175. The molecule has 0 spiro atoms. The van der Waals surface area contributed by atoms with Crippen LogP contribution in [0.15, 0.2) is 24.5 Å². The average molecular weight is 318 g/mol. The molecule has 1 N–H and O–H groups in total. The molecule has 0 radical (unpaired) electrons. The summed E-state index contributed by atoms with van der Waals surface area (Å²) in [4.78, 5) is 43.1. The number of carbonyl (C=O) groups excluding carboxylic acids is 3. The summed E-state index contributed by atoms with van der Waals surface area (Å²) < 4.78 is 0. The Kier molecular flexibility index (Phi) is 4.98. The summed E-state index contributed by atoms with van der Waals surface area (Å²) in [6.45, 7) is 6.52. The zero-order valence-corrected chi connectivity index (χ0v) is 13.7. The highest BCUT2D eigenvalue weighted by molar-refractivity contribution is 5.95. The Labute approximate surface area is 135 Å². The number of hydrogen-bond acceptors (Lipinski definition) is 4. The lowest BCUT2D eigenvalue weighted by Crippen LogP contribution is -2.61. The van der Waals surface area contributed by atoms with Gasteiger partial charge in [-0.15, -0.1) is 0 Å². The van der Waals surface area contributed by atoms with E-state index in [4.69, 9.17) is 0 Å². The molecule has 1 unspecified atom stereocenters. The normalized spacial score (nSPS) is 18.5. The number of pyridine rings is 1. The standard InChI is InChI=1S/C16H22N4O3/c1-16(2,3)18-14(22)13-10-19(7-8-20(13)11-21)15(23)12-5-4-6-17-9-12/h4-6,9,11,13H,7-8,10H2,1-3H3,(H,18,22). The first-order chi connectivity index (χ1) is 10.8. The fourth-order valence-corrected chi connectivity index (χ4v) is 2.47. The Morgan fingerprint density at radius 3 is 2.65 bits per heavy atom. The Balaban J connectivity index is 2.13. The second-order valence-corrected chi connectivity index (χ2v) is 6.59. The molecule has 23 heavy (non-hydrogen) atoms. The minimum atomic E-state index is -0.680. The highest BCUT2D eigenvalue weighted by atomic mass is 16.2. The van der Waals surface area contributed by atoms with Gasteiger partial charge >= 0.3 is 0 Å². The first-order valence-corrected chi connectivity index (χ1v) is 7.54. The number of nitrogens with zero attached hydrogens (tertiary/aromatic N) is 3. The van der Waals surface area contributed by atoms with Crippen molar-refractivity contribution in [2.75, 3.05) is 19.6 Å². The van der Waals surface area contributed by atoms with Crippen LogP contribution >= 0.6 is 0 Å². The molecule has 0 aliphatic carbocycles. The van der Waals surface area contributed by atoms with Crippen LogP contribution in [-0.4, -0.2) is 64.2 Å². The first-order valence-electron chi connectivity index (χ1n) is 7.54. The van der Waals surface area contributed by atoms with E-state index in [1.54, 1.807) is 23.2 Å². The summed E-state index contributed by atoms with van der Waals surface area (Å²) in [5.41, 5.74) is 0.0726. The Morgan fingerprint density at radius 2 is 2.09 bits per heavy atom. The van der Waals surface area contributed by atoms with Gasteiger partial charge in [-0.3, -0.25) is 19.4 Å². The van der Waals surface area contributed by atoms with E-state index in [2.05, 4.69) is 10.3 Å². The van der Waals surface area contributed by atoms with Crippen molar-refractivity contribution in [3.8, 4) is 0 Å². The van der Waals surface area contributed by atoms with Crippen LogP contribution in [-0.2, 0) is 9.59 Å². The molecule has 0 aromatic carbocycles. The van der Waals surface area contributed by atoms with Crippen LogP contribution in [0.3, 0.4) is 0 Å². The van der Waals surface area contributed by atoms with Gasteiger partial charge in [-0.1, -0.05) is 0 Å². The highest BCUT2D eigenvalue weighted by Gasteiger charge is 2.35. The average Bonchev–Trinajstić information content (AvgIpc) is 2.52. The van der Waals surface area contributed by atoms with Crippen LogP contribution in [0.5, 0.6) is 0 Å². The molecule has 1 saturated heterocycles. The lowest BCUT2D eigenvalue weighted by Gasteiger charge is -2.39. The van der Waals surface area contributed by atoms with Crippen molar-refractivity contribution in [1.82, 2.24) is 20.1 Å². The van der Waals surface area contributed by atoms with E-state index in [-0.39, 0.29) is 18.4 Å². The van der Waals surface area contributed by atoms with Crippen molar-refractivity contribution in [3.63, 3.8) is 0 Å². The van der Waals surface area contributed by atoms with E-state index < -0.39 is 11.6 Å². The van der Waals surface area contributed by atoms with Gasteiger partial charge in [0.15, 0.2) is 0 Å². The van der Waals surface area contributed by atoms with Crippen molar-refractivity contribution in [2.24, 2.45) is 0 Å². The van der Waals surface area contributed by atoms with E-state index >= 15 is 0 Å². The third-order valence-electron chi connectivity index (χ3n) is 3.55. The van der Waals surface area contributed by atoms with Crippen LogP contribution in [0.1, 0.15) is 31.1 Å². The fraction of sp³-hybridized carbons (Fsp3) is 0.500. The molecule has 2 heterocycles. The Bertz CT molecular complexity index is 583. The van der Waals surface area contributed by atoms with Crippen LogP contribution < -0.4 is 5.32 Å².